The van der Waals surface area contributed by atoms with E-state index in [1.807, 2.05) is 0 Å². The predicted molar refractivity (Wildman–Crippen MR) is 67.5 cm³/mol. The summed E-state index contributed by atoms with van der Waals surface area (Å²) in [5.41, 5.74) is 0.492. The molecule has 0 heterocycles. The average molecular weight is 262 g/mol. The highest BCUT2D eigenvalue weighted by Crippen LogP contribution is 2.00. The summed E-state index contributed by atoms with van der Waals surface area (Å²) in [7, 11) is 0. The fourth-order valence-electron chi connectivity index (χ4n) is 1.22. The van der Waals surface area contributed by atoms with Gasteiger partial charge in [0.15, 0.2) is 5.78 Å². The van der Waals surface area contributed by atoms with Gasteiger partial charge in [-0.3, -0.25) is 9.59 Å². The molecule has 0 saturated heterocycles. The van der Waals surface area contributed by atoms with Crippen molar-refractivity contribution in [1.82, 2.24) is 0 Å². The Morgan fingerprint density at radius 2 is 1.63 bits per heavy atom. The molecule has 0 saturated carbocycles. The van der Waals surface area contributed by atoms with E-state index in [4.69, 9.17) is 4.74 Å². The molecule has 0 amide bonds. The molecule has 5 nitrogen and oxygen atoms in total. The zero-order valence-corrected chi connectivity index (χ0v) is 10.5. The molecular formula is C14H14O5. The van der Waals surface area contributed by atoms with E-state index < -0.39 is 11.9 Å². The Morgan fingerprint density at radius 3 is 2.26 bits per heavy atom. The van der Waals surface area contributed by atoms with Crippen molar-refractivity contribution in [2.24, 2.45) is 0 Å². The number of benzene rings is 1. The molecular weight excluding hydrogens is 248 g/mol. The summed E-state index contributed by atoms with van der Waals surface area (Å²) in [5, 5.41) is 0. The van der Waals surface area contributed by atoms with Gasteiger partial charge >= 0.3 is 11.9 Å². The van der Waals surface area contributed by atoms with Crippen molar-refractivity contribution >= 4 is 17.7 Å². The third-order valence-corrected chi connectivity index (χ3v) is 2.06. The van der Waals surface area contributed by atoms with E-state index in [9.17, 15) is 14.4 Å². The first-order chi connectivity index (χ1) is 9.09. The molecule has 1 aromatic rings. The molecule has 5 heteroatoms. The van der Waals surface area contributed by atoms with Crippen LogP contribution in [0.3, 0.4) is 0 Å². The first kappa shape index (κ1) is 14.6. The van der Waals surface area contributed by atoms with E-state index in [2.05, 4.69) is 4.74 Å². The molecule has 0 aliphatic carbocycles. The Kier molecular flexibility index (Phi) is 6.02. The highest BCUT2D eigenvalue weighted by Gasteiger charge is 2.02. The quantitative estimate of drug-likeness (QED) is 0.336. The van der Waals surface area contributed by atoms with Crippen molar-refractivity contribution in [3.63, 3.8) is 0 Å². The molecule has 0 radical (unpaired) electrons. The lowest BCUT2D eigenvalue weighted by Gasteiger charge is -2.01. The number of hydrogen-bond donors (Lipinski definition) is 0. The Bertz CT molecular complexity index is 476. The van der Waals surface area contributed by atoms with Gasteiger partial charge in [0.2, 0.25) is 0 Å². The molecule has 19 heavy (non-hydrogen) atoms. The Labute approximate surface area is 110 Å². The van der Waals surface area contributed by atoms with E-state index in [1.54, 1.807) is 30.3 Å². The summed E-state index contributed by atoms with van der Waals surface area (Å²) in [6.45, 7) is 1.23. The zero-order valence-electron chi connectivity index (χ0n) is 10.5. The number of ether oxygens (including phenoxy) is 2. The van der Waals surface area contributed by atoms with Gasteiger partial charge in [0.1, 0.15) is 13.2 Å². The van der Waals surface area contributed by atoms with Gasteiger partial charge in [-0.1, -0.05) is 30.3 Å². The van der Waals surface area contributed by atoms with Gasteiger partial charge in [0.25, 0.3) is 0 Å². The standard InChI is InChI=1S/C14H14O5/c1-11(15)18-9-10-19-14(17)8-7-13(16)12-5-3-2-4-6-12/h2-8H,9-10H2,1H3/b8-7+. The van der Waals surface area contributed by atoms with Crippen LogP contribution in [-0.2, 0) is 19.1 Å². The van der Waals surface area contributed by atoms with E-state index in [0.717, 1.165) is 12.2 Å². The van der Waals surface area contributed by atoms with Crippen LogP contribution in [0.1, 0.15) is 17.3 Å². The molecule has 0 N–H and O–H groups in total. The largest absolute Gasteiger partial charge is 0.462 e. The molecule has 100 valence electrons. The molecule has 0 atom stereocenters. The molecule has 0 aliphatic heterocycles. The molecule has 0 unspecified atom stereocenters. The SMILES string of the molecule is CC(=O)OCCOC(=O)/C=C/C(=O)c1ccccc1. The average Bonchev–Trinajstić information content (AvgIpc) is 2.41. The summed E-state index contributed by atoms with van der Waals surface area (Å²) in [6.07, 6.45) is 2.19. The van der Waals surface area contributed by atoms with E-state index in [-0.39, 0.29) is 19.0 Å². The van der Waals surface area contributed by atoms with Crippen LogP contribution in [-0.4, -0.2) is 30.9 Å². The third kappa shape index (κ3) is 6.16. The summed E-state index contributed by atoms with van der Waals surface area (Å²) in [6, 6.07) is 8.57. The van der Waals surface area contributed by atoms with E-state index >= 15 is 0 Å². The van der Waals surface area contributed by atoms with Crippen molar-refractivity contribution in [3.8, 4) is 0 Å². The van der Waals surface area contributed by atoms with Crippen LogP contribution in [0.2, 0.25) is 0 Å². The first-order valence-corrected chi connectivity index (χ1v) is 5.67. The summed E-state index contributed by atoms with van der Waals surface area (Å²) in [5.74, 6) is -1.38. The normalized spacial score (nSPS) is 10.2. The Morgan fingerprint density at radius 1 is 1.00 bits per heavy atom. The molecule has 0 spiro atoms. The molecule has 0 aliphatic rings. The van der Waals surface area contributed by atoms with Crippen LogP contribution in [0.15, 0.2) is 42.5 Å². The number of rotatable bonds is 6. The van der Waals surface area contributed by atoms with Gasteiger partial charge in [-0.25, -0.2) is 4.79 Å². The van der Waals surface area contributed by atoms with Crippen molar-refractivity contribution < 1.29 is 23.9 Å². The first-order valence-electron chi connectivity index (χ1n) is 5.67. The number of esters is 2. The Balaban J connectivity index is 2.34. The van der Waals surface area contributed by atoms with Crippen LogP contribution in [0.5, 0.6) is 0 Å². The fraction of sp³-hybridized carbons (Fsp3) is 0.214. The van der Waals surface area contributed by atoms with Crippen LogP contribution in [0.25, 0.3) is 0 Å². The monoisotopic (exact) mass is 262 g/mol. The van der Waals surface area contributed by atoms with E-state index in [1.165, 1.54) is 6.92 Å². The van der Waals surface area contributed by atoms with Gasteiger partial charge in [0, 0.05) is 18.6 Å². The van der Waals surface area contributed by atoms with E-state index in [0.29, 0.717) is 5.56 Å². The second-order valence-electron chi connectivity index (χ2n) is 3.57. The van der Waals surface area contributed by atoms with Gasteiger partial charge in [-0.05, 0) is 6.08 Å². The van der Waals surface area contributed by atoms with Gasteiger partial charge in [-0.2, -0.15) is 0 Å². The topological polar surface area (TPSA) is 69.7 Å². The lowest BCUT2D eigenvalue weighted by Crippen LogP contribution is -2.11. The van der Waals surface area contributed by atoms with Gasteiger partial charge < -0.3 is 9.47 Å². The summed E-state index contributed by atoms with van der Waals surface area (Å²) < 4.78 is 9.30. The van der Waals surface area contributed by atoms with Crippen LogP contribution >= 0.6 is 0 Å². The second-order valence-corrected chi connectivity index (χ2v) is 3.57. The maximum Gasteiger partial charge on any atom is 0.331 e. The smallest absolute Gasteiger partial charge is 0.331 e. The molecule has 0 fully saturated rings. The van der Waals surface area contributed by atoms with Gasteiger partial charge in [0.05, 0.1) is 0 Å². The number of ketones is 1. The van der Waals surface area contributed by atoms with Crippen molar-refractivity contribution in [2.75, 3.05) is 13.2 Å². The summed E-state index contributed by atoms with van der Waals surface area (Å²) >= 11 is 0. The highest BCUT2D eigenvalue weighted by atomic mass is 16.6. The highest BCUT2D eigenvalue weighted by molar-refractivity contribution is 6.06. The number of carbonyl (C=O) groups excluding carboxylic acids is 3. The van der Waals surface area contributed by atoms with Gasteiger partial charge in [-0.15, -0.1) is 0 Å². The number of hydrogen-bond acceptors (Lipinski definition) is 5. The van der Waals surface area contributed by atoms with Crippen LogP contribution in [0.4, 0.5) is 0 Å². The molecule has 0 aromatic heterocycles. The second kappa shape index (κ2) is 7.81. The molecule has 1 aromatic carbocycles. The minimum absolute atomic E-state index is 0.00153. The van der Waals surface area contributed by atoms with Crippen LogP contribution < -0.4 is 0 Å². The predicted octanol–water partition coefficient (Wildman–Crippen LogP) is 1.53. The minimum atomic E-state index is -0.656. The maximum atomic E-state index is 11.6. The van der Waals surface area contributed by atoms with Crippen molar-refractivity contribution in [1.29, 1.82) is 0 Å². The fourth-order valence-corrected chi connectivity index (χ4v) is 1.22. The minimum Gasteiger partial charge on any atom is -0.462 e. The molecule has 0 bridgehead atoms. The van der Waals surface area contributed by atoms with Crippen molar-refractivity contribution in [2.45, 2.75) is 6.92 Å². The maximum absolute atomic E-state index is 11.6. The lowest BCUT2D eigenvalue weighted by molar-refractivity contribution is -0.147. The zero-order chi connectivity index (χ0) is 14.1. The molecule has 1 rings (SSSR count). The Hall–Kier alpha value is -2.43. The van der Waals surface area contributed by atoms with Crippen molar-refractivity contribution in [3.05, 3.63) is 48.0 Å². The number of allylic oxidation sites excluding steroid dienone is 1. The number of carbonyl (C=O) groups is 3. The van der Waals surface area contributed by atoms with Crippen LogP contribution in [0, 0.1) is 0 Å². The third-order valence-electron chi connectivity index (χ3n) is 2.06. The summed E-state index contributed by atoms with van der Waals surface area (Å²) in [4.78, 5) is 33.3. The lowest BCUT2D eigenvalue weighted by atomic mass is 10.1.